The molecule has 2 saturated heterocycles. The van der Waals surface area contributed by atoms with Gasteiger partial charge in [-0.3, -0.25) is 4.79 Å². The average molecular weight is 453 g/mol. The summed E-state index contributed by atoms with van der Waals surface area (Å²) in [5.41, 5.74) is 1.31. The minimum atomic E-state index is -1.74. The number of benzene rings is 1. The number of nitrogens with one attached hydrogen (secondary N) is 1. The third-order valence-electron chi connectivity index (χ3n) is 7.32. The van der Waals surface area contributed by atoms with E-state index in [4.69, 9.17) is 4.74 Å². The van der Waals surface area contributed by atoms with Gasteiger partial charge in [-0.25, -0.2) is 4.79 Å². The Bertz CT molecular complexity index is 958. The van der Waals surface area contributed by atoms with Crippen LogP contribution in [0, 0.1) is 47.3 Å². The van der Waals surface area contributed by atoms with E-state index in [1.54, 1.807) is 4.90 Å². The zero-order valence-corrected chi connectivity index (χ0v) is 19.6. The molecule has 8 nitrogen and oxygen atoms in total. The van der Waals surface area contributed by atoms with E-state index in [0.29, 0.717) is 30.7 Å². The number of hydrogen-bond acceptors (Lipinski definition) is 6. The van der Waals surface area contributed by atoms with Crippen molar-refractivity contribution in [1.82, 2.24) is 10.2 Å². The van der Waals surface area contributed by atoms with Crippen LogP contribution in [0.5, 0.6) is 0 Å². The van der Waals surface area contributed by atoms with Crippen molar-refractivity contribution in [2.75, 3.05) is 13.2 Å². The van der Waals surface area contributed by atoms with Crippen LogP contribution in [0.15, 0.2) is 24.3 Å². The maximum Gasteiger partial charge on any atom is 0.475 e. The maximum atomic E-state index is 13.1. The van der Waals surface area contributed by atoms with Crippen molar-refractivity contribution < 1.29 is 24.4 Å². The van der Waals surface area contributed by atoms with Gasteiger partial charge in [0.25, 0.3) is 0 Å². The van der Waals surface area contributed by atoms with E-state index >= 15 is 0 Å². The van der Waals surface area contributed by atoms with Crippen molar-refractivity contribution >= 4 is 19.1 Å². The summed E-state index contributed by atoms with van der Waals surface area (Å²) in [6.07, 6.45) is -0.0266. The second kappa shape index (κ2) is 8.34. The van der Waals surface area contributed by atoms with Crippen LogP contribution in [0.3, 0.4) is 0 Å². The van der Waals surface area contributed by atoms with Gasteiger partial charge in [0.1, 0.15) is 12.5 Å². The number of aryl methyl sites for hydroxylation is 1. The number of nitriles is 1. The Morgan fingerprint density at radius 3 is 2.48 bits per heavy atom. The lowest BCUT2D eigenvalue weighted by atomic mass is 9.76. The molecule has 3 N–H and O–H groups in total. The molecule has 1 aromatic carbocycles. The third kappa shape index (κ3) is 4.47. The summed E-state index contributed by atoms with van der Waals surface area (Å²) in [5.74, 6) is -0.673. The Morgan fingerprint density at radius 1 is 1.30 bits per heavy atom. The molecule has 5 rings (SSSR count). The molecule has 2 bridgehead atoms. The first kappa shape index (κ1) is 23.6. The molecule has 2 saturated carbocycles. The van der Waals surface area contributed by atoms with E-state index in [9.17, 15) is 24.9 Å². The summed E-state index contributed by atoms with van der Waals surface area (Å²) < 4.78 is 5.47. The number of nitrogens with zero attached hydrogens (tertiary/aromatic N) is 2. The molecule has 2 aliphatic heterocycles. The first-order valence-electron chi connectivity index (χ1n) is 11.5. The SMILES string of the molecule is Cc1ccc(C[C@H](NC(=O)OCC23C4C(CN2C(=O)C(C#N)CC(C)(C)C)[C@H]43)B(O)O)cc1. The van der Waals surface area contributed by atoms with E-state index in [-0.39, 0.29) is 24.3 Å². The van der Waals surface area contributed by atoms with Gasteiger partial charge in [0, 0.05) is 6.54 Å². The first-order chi connectivity index (χ1) is 15.5. The summed E-state index contributed by atoms with van der Waals surface area (Å²) in [5, 5.41) is 31.5. The lowest BCUT2D eigenvalue weighted by molar-refractivity contribution is -0.137. The van der Waals surface area contributed by atoms with Gasteiger partial charge in [-0.1, -0.05) is 50.6 Å². The van der Waals surface area contributed by atoms with E-state index in [1.807, 2.05) is 52.0 Å². The molecule has 2 amide bonds. The number of carbonyl (C=O) groups is 2. The molecule has 4 aliphatic rings. The number of rotatable bonds is 8. The molecule has 0 aromatic heterocycles. The van der Waals surface area contributed by atoms with Crippen LogP contribution >= 0.6 is 0 Å². The van der Waals surface area contributed by atoms with E-state index < -0.39 is 30.6 Å². The van der Waals surface area contributed by atoms with Crippen LogP contribution in [0.2, 0.25) is 0 Å². The third-order valence-corrected chi connectivity index (χ3v) is 7.32. The Morgan fingerprint density at radius 2 is 1.94 bits per heavy atom. The summed E-state index contributed by atoms with van der Waals surface area (Å²) in [7, 11) is -1.74. The van der Waals surface area contributed by atoms with Crippen LogP contribution < -0.4 is 5.32 Å². The Balaban J connectivity index is 1.34. The van der Waals surface area contributed by atoms with Crippen molar-refractivity contribution in [3.05, 3.63) is 35.4 Å². The molecule has 4 unspecified atom stereocenters. The molecule has 2 heterocycles. The van der Waals surface area contributed by atoms with Gasteiger partial charge in [-0.15, -0.1) is 0 Å². The van der Waals surface area contributed by atoms with Crippen LogP contribution in [0.25, 0.3) is 0 Å². The number of hydrogen-bond donors (Lipinski definition) is 3. The summed E-state index contributed by atoms with van der Waals surface area (Å²) >= 11 is 0. The number of alkyl carbamates (subject to hydrolysis) is 1. The molecule has 1 aromatic rings. The Kier molecular flexibility index (Phi) is 5.96. The topological polar surface area (TPSA) is 123 Å². The fourth-order valence-corrected chi connectivity index (χ4v) is 5.59. The standard InChI is InChI=1S/C24H32BN3O5/c1-14-5-7-15(8-6-14)9-18(25(31)32)27-22(30)33-13-24-19-17(20(19)24)12-28(24)21(29)16(11-26)10-23(2,3)4/h5-8,16-20,31-32H,9-10,12-13H2,1-4H3,(H,27,30)/t16?,17?,18-,19+,20?,24?/m0/s1. The first-order valence-corrected chi connectivity index (χ1v) is 11.5. The smallest absolute Gasteiger partial charge is 0.447 e. The molecule has 2 aliphatic carbocycles. The van der Waals surface area contributed by atoms with Gasteiger partial charge in [0.15, 0.2) is 0 Å². The predicted molar refractivity (Wildman–Crippen MR) is 121 cm³/mol. The molecule has 9 heteroatoms. The highest BCUT2D eigenvalue weighted by Crippen LogP contribution is 2.83. The van der Waals surface area contributed by atoms with Crippen molar-refractivity contribution in [2.45, 2.75) is 52.0 Å². The number of piperidine rings is 1. The van der Waals surface area contributed by atoms with Gasteiger partial charge in [0.05, 0.1) is 17.5 Å². The van der Waals surface area contributed by atoms with E-state index in [0.717, 1.165) is 11.1 Å². The number of amides is 2. The fourth-order valence-electron chi connectivity index (χ4n) is 5.59. The zero-order valence-electron chi connectivity index (χ0n) is 19.6. The molecular formula is C24H32BN3O5. The minimum absolute atomic E-state index is 0.0584. The number of ether oxygens (including phenoxy) is 1. The summed E-state index contributed by atoms with van der Waals surface area (Å²) in [6, 6.07) is 9.75. The van der Waals surface area contributed by atoms with Crippen LogP contribution in [0.1, 0.15) is 38.3 Å². The fraction of sp³-hybridized carbons (Fsp3) is 0.625. The van der Waals surface area contributed by atoms with E-state index in [1.165, 1.54) is 0 Å². The Labute approximate surface area is 195 Å². The van der Waals surface area contributed by atoms with Crippen LogP contribution in [-0.2, 0) is 16.0 Å². The maximum absolute atomic E-state index is 13.1. The van der Waals surface area contributed by atoms with Crippen molar-refractivity contribution in [3.63, 3.8) is 0 Å². The molecule has 33 heavy (non-hydrogen) atoms. The molecule has 0 radical (unpaired) electrons. The highest BCUT2D eigenvalue weighted by Gasteiger charge is 2.92. The summed E-state index contributed by atoms with van der Waals surface area (Å²) in [6.45, 7) is 8.65. The number of carbonyl (C=O) groups excluding carboxylic acids is 2. The van der Waals surface area contributed by atoms with Crippen molar-refractivity contribution in [1.29, 1.82) is 5.26 Å². The second-order valence-electron chi connectivity index (χ2n) is 11.0. The van der Waals surface area contributed by atoms with Gasteiger partial charge in [-0.05, 0) is 48.5 Å². The van der Waals surface area contributed by atoms with Crippen LogP contribution in [0.4, 0.5) is 4.79 Å². The second-order valence-corrected chi connectivity index (χ2v) is 11.0. The van der Waals surface area contributed by atoms with Crippen molar-refractivity contribution in [2.24, 2.45) is 29.1 Å². The normalized spacial score (nSPS) is 28.3. The lowest BCUT2D eigenvalue weighted by Crippen LogP contribution is -2.50. The largest absolute Gasteiger partial charge is 0.475 e. The monoisotopic (exact) mass is 453 g/mol. The van der Waals surface area contributed by atoms with Crippen LogP contribution in [-0.4, -0.2) is 58.7 Å². The molecule has 4 fully saturated rings. The van der Waals surface area contributed by atoms with Gasteiger partial charge < -0.3 is 25.0 Å². The van der Waals surface area contributed by atoms with E-state index in [2.05, 4.69) is 11.4 Å². The highest BCUT2D eigenvalue weighted by atomic mass is 16.6. The minimum Gasteiger partial charge on any atom is -0.447 e. The Hall–Kier alpha value is -2.57. The summed E-state index contributed by atoms with van der Waals surface area (Å²) in [4.78, 5) is 27.4. The molecular weight excluding hydrogens is 421 g/mol. The van der Waals surface area contributed by atoms with Gasteiger partial charge in [-0.2, -0.15) is 5.26 Å². The van der Waals surface area contributed by atoms with Gasteiger partial charge >= 0.3 is 13.2 Å². The lowest BCUT2D eigenvalue weighted by Gasteiger charge is -2.31. The zero-order chi connectivity index (χ0) is 24.1. The molecule has 176 valence electrons. The quantitative estimate of drug-likeness (QED) is 0.515. The predicted octanol–water partition coefficient (Wildman–Crippen LogP) is 1.68. The number of fused-ring (bicyclic) bond motifs is 1. The average Bonchev–Trinajstić information content (AvgIpc) is 3.56. The van der Waals surface area contributed by atoms with Gasteiger partial charge in [0.2, 0.25) is 5.91 Å². The highest BCUT2D eigenvalue weighted by molar-refractivity contribution is 6.43. The molecule has 6 atom stereocenters. The van der Waals surface area contributed by atoms with Crippen molar-refractivity contribution in [3.8, 4) is 6.07 Å². The molecule has 0 spiro atoms.